The van der Waals surface area contributed by atoms with Gasteiger partial charge in [0.1, 0.15) is 22.9 Å². The molecule has 1 N–H and O–H groups in total. The Kier molecular flexibility index (Phi) is 6.41. The molecular formula is C33H30FN3O4. The number of nitrogens with one attached hydrogen (secondary N) is 1. The fourth-order valence-electron chi connectivity index (χ4n) is 5.63. The molecular weight excluding hydrogens is 521 g/mol. The second-order valence-electron chi connectivity index (χ2n) is 10.7. The van der Waals surface area contributed by atoms with Crippen molar-refractivity contribution in [3.05, 3.63) is 101 Å². The maximum Gasteiger partial charge on any atom is 0.349 e. The fraction of sp³-hybridized carbons (Fsp3) is 0.212. The van der Waals surface area contributed by atoms with Gasteiger partial charge in [-0.05, 0) is 86.0 Å². The van der Waals surface area contributed by atoms with Gasteiger partial charge in [0, 0.05) is 47.0 Å². The topological polar surface area (TPSA) is 72.9 Å². The Morgan fingerprint density at radius 2 is 1.83 bits per heavy atom. The summed E-state index contributed by atoms with van der Waals surface area (Å²) in [4.78, 5) is 19.1. The number of anilines is 2. The first-order valence-electron chi connectivity index (χ1n) is 13.3. The number of carbonyl (C=O) groups is 1. The van der Waals surface area contributed by atoms with Gasteiger partial charge in [0.15, 0.2) is 0 Å². The molecule has 0 radical (unpaired) electrons. The van der Waals surface area contributed by atoms with Crippen LogP contribution in [-0.4, -0.2) is 30.7 Å². The van der Waals surface area contributed by atoms with Gasteiger partial charge in [0.25, 0.3) is 0 Å². The van der Waals surface area contributed by atoms with Crippen LogP contribution < -0.4 is 24.4 Å². The fourth-order valence-corrected chi connectivity index (χ4v) is 5.63. The first-order valence-corrected chi connectivity index (χ1v) is 13.3. The third kappa shape index (κ3) is 4.65. The van der Waals surface area contributed by atoms with E-state index in [1.807, 2.05) is 19.1 Å². The van der Waals surface area contributed by atoms with Gasteiger partial charge < -0.3 is 24.4 Å². The van der Waals surface area contributed by atoms with Crippen LogP contribution in [0.1, 0.15) is 40.9 Å². The number of carbonyl (C=O) groups excluding carboxylic acids is 1. The first kappa shape index (κ1) is 26.4. The summed E-state index contributed by atoms with van der Waals surface area (Å²) in [7, 11) is 3.04. The number of pyridine rings is 1. The van der Waals surface area contributed by atoms with Crippen molar-refractivity contribution in [2.75, 3.05) is 24.4 Å². The Balaban J connectivity index is 1.41. The van der Waals surface area contributed by atoms with Crippen LogP contribution in [0.5, 0.6) is 17.4 Å². The molecule has 0 bridgehead atoms. The zero-order valence-electron chi connectivity index (χ0n) is 23.5. The molecule has 1 aromatic heterocycles. The number of aromatic nitrogens is 1. The van der Waals surface area contributed by atoms with Crippen LogP contribution >= 0.6 is 0 Å². The Morgan fingerprint density at radius 1 is 1.02 bits per heavy atom. The molecule has 0 atom stereocenters. The molecule has 208 valence electrons. The van der Waals surface area contributed by atoms with Crippen LogP contribution in [0.25, 0.3) is 16.8 Å². The van der Waals surface area contributed by atoms with E-state index >= 15 is 0 Å². The molecule has 0 fully saturated rings. The lowest BCUT2D eigenvalue weighted by atomic mass is 9.89. The number of ether oxygens (including phenoxy) is 3. The molecule has 0 aliphatic carbocycles. The predicted octanol–water partition coefficient (Wildman–Crippen LogP) is 7.00. The number of hydrogen-bond donors (Lipinski definition) is 1. The lowest BCUT2D eigenvalue weighted by Crippen LogP contribution is -2.33. The minimum Gasteiger partial charge on any atom is -0.496 e. The average Bonchev–Trinajstić information content (AvgIpc) is 3.33. The van der Waals surface area contributed by atoms with E-state index in [0.29, 0.717) is 18.0 Å². The number of nitrogens with zero attached hydrogens (tertiary/aromatic N) is 2. The highest BCUT2D eigenvalue weighted by molar-refractivity contribution is 5.98. The maximum absolute atomic E-state index is 14.4. The number of hydrogen-bond acceptors (Lipinski definition) is 7. The van der Waals surface area contributed by atoms with Crippen LogP contribution in [-0.2, 0) is 6.54 Å². The summed E-state index contributed by atoms with van der Waals surface area (Å²) >= 11 is 0. The highest BCUT2D eigenvalue weighted by Crippen LogP contribution is 2.50. The standard InChI is InChI=1S/C33H30FN3O4/c1-19-8-9-20(34)15-27(19)37-18-25-22(12-13-26-30(25)28(37)17-33(2,3)36-26)23-11-10-21(16-29(23)39-4)41-32(38)24-7-6-14-35-31(24)40-5/h6-17,36H,18H2,1-5H3. The van der Waals surface area contributed by atoms with Gasteiger partial charge in [-0.3, -0.25) is 0 Å². The normalized spacial score (nSPS) is 14.6. The second-order valence-corrected chi connectivity index (χ2v) is 10.7. The molecule has 41 heavy (non-hydrogen) atoms. The van der Waals surface area contributed by atoms with Gasteiger partial charge in [-0.1, -0.05) is 12.1 Å². The maximum atomic E-state index is 14.4. The van der Waals surface area contributed by atoms with Gasteiger partial charge >= 0.3 is 5.97 Å². The Bertz CT molecular complexity index is 1730. The molecule has 3 aromatic carbocycles. The second kappa shape index (κ2) is 9.96. The van der Waals surface area contributed by atoms with Crippen molar-refractivity contribution in [3.8, 4) is 28.5 Å². The van der Waals surface area contributed by atoms with Gasteiger partial charge in [0.05, 0.1) is 19.8 Å². The molecule has 2 aliphatic heterocycles. The van der Waals surface area contributed by atoms with Crippen LogP contribution in [0, 0.1) is 12.7 Å². The molecule has 2 aliphatic rings. The molecule has 3 heterocycles. The Hall–Kier alpha value is -4.85. The van der Waals surface area contributed by atoms with E-state index in [9.17, 15) is 9.18 Å². The van der Waals surface area contributed by atoms with E-state index in [0.717, 1.165) is 44.9 Å². The van der Waals surface area contributed by atoms with E-state index in [2.05, 4.69) is 47.3 Å². The first-order chi connectivity index (χ1) is 19.7. The molecule has 0 unspecified atom stereocenters. The summed E-state index contributed by atoms with van der Waals surface area (Å²) in [6.07, 6.45) is 3.75. The van der Waals surface area contributed by atoms with Crippen LogP contribution in [0.4, 0.5) is 15.8 Å². The summed E-state index contributed by atoms with van der Waals surface area (Å²) in [6.45, 7) is 6.80. The van der Waals surface area contributed by atoms with E-state index < -0.39 is 5.97 Å². The van der Waals surface area contributed by atoms with E-state index in [1.54, 1.807) is 43.6 Å². The largest absolute Gasteiger partial charge is 0.496 e. The average molecular weight is 552 g/mol. The lowest BCUT2D eigenvalue weighted by molar-refractivity contribution is 0.0730. The molecule has 0 spiro atoms. The molecule has 0 saturated carbocycles. The number of rotatable bonds is 6. The van der Waals surface area contributed by atoms with E-state index in [4.69, 9.17) is 14.2 Å². The summed E-state index contributed by atoms with van der Waals surface area (Å²) in [5.74, 6) is 0.224. The zero-order chi connectivity index (χ0) is 28.9. The monoisotopic (exact) mass is 551 g/mol. The van der Waals surface area contributed by atoms with Gasteiger partial charge in [-0.2, -0.15) is 0 Å². The van der Waals surface area contributed by atoms with Crippen molar-refractivity contribution < 1.29 is 23.4 Å². The van der Waals surface area contributed by atoms with E-state index in [1.165, 1.54) is 13.2 Å². The Labute approximate surface area is 238 Å². The summed E-state index contributed by atoms with van der Waals surface area (Å²) < 4.78 is 31.0. The van der Waals surface area contributed by atoms with Crippen molar-refractivity contribution >= 4 is 23.0 Å². The molecule has 4 aromatic rings. The summed E-state index contributed by atoms with van der Waals surface area (Å²) in [5, 5.41) is 3.63. The SMILES string of the molecule is COc1cc(OC(=O)c2cccnc2OC)ccc1-c1ccc2c3c1CN(c1cc(F)ccc1C)C3=CC(C)(C)N2. The zero-order valence-corrected chi connectivity index (χ0v) is 23.5. The minimum absolute atomic E-state index is 0.192. The van der Waals surface area contributed by atoms with Crippen molar-refractivity contribution in [2.24, 2.45) is 0 Å². The molecule has 8 heteroatoms. The number of aryl methyl sites for hydroxylation is 1. The minimum atomic E-state index is -0.582. The third-order valence-electron chi connectivity index (χ3n) is 7.45. The quantitative estimate of drug-likeness (QED) is 0.204. The number of methoxy groups -OCH3 is 2. The van der Waals surface area contributed by atoms with Gasteiger partial charge in [-0.25, -0.2) is 14.2 Å². The van der Waals surface area contributed by atoms with Gasteiger partial charge in [-0.15, -0.1) is 0 Å². The molecule has 7 nitrogen and oxygen atoms in total. The van der Waals surface area contributed by atoms with Gasteiger partial charge in [0.2, 0.25) is 5.88 Å². The van der Waals surface area contributed by atoms with Crippen LogP contribution in [0.2, 0.25) is 0 Å². The van der Waals surface area contributed by atoms with E-state index in [-0.39, 0.29) is 22.8 Å². The Morgan fingerprint density at radius 3 is 2.61 bits per heavy atom. The number of benzene rings is 3. The number of esters is 1. The molecule has 6 rings (SSSR count). The summed E-state index contributed by atoms with van der Waals surface area (Å²) in [5.41, 5.74) is 7.86. The van der Waals surface area contributed by atoms with Crippen molar-refractivity contribution in [2.45, 2.75) is 32.9 Å². The van der Waals surface area contributed by atoms with Crippen LogP contribution in [0.3, 0.4) is 0 Å². The molecule has 0 saturated heterocycles. The van der Waals surface area contributed by atoms with Crippen molar-refractivity contribution in [3.63, 3.8) is 0 Å². The number of halogens is 1. The lowest BCUT2D eigenvalue weighted by Gasteiger charge is -2.33. The van der Waals surface area contributed by atoms with Crippen LogP contribution in [0.15, 0.2) is 72.9 Å². The third-order valence-corrected chi connectivity index (χ3v) is 7.45. The summed E-state index contributed by atoms with van der Waals surface area (Å²) in [6, 6.07) is 17.6. The smallest absolute Gasteiger partial charge is 0.349 e. The molecule has 0 amide bonds. The van der Waals surface area contributed by atoms with Crippen molar-refractivity contribution in [1.82, 2.24) is 4.98 Å². The highest BCUT2D eigenvalue weighted by Gasteiger charge is 2.37. The predicted molar refractivity (Wildman–Crippen MR) is 157 cm³/mol. The van der Waals surface area contributed by atoms with Crippen molar-refractivity contribution in [1.29, 1.82) is 0 Å². The highest BCUT2D eigenvalue weighted by atomic mass is 19.1.